The fourth-order valence-electron chi connectivity index (χ4n) is 1.50. The number of rotatable bonds is 4. The zero-order valence-electron chi connectivity index (χ0n) is 9.51. The number of anilines is 2. The van der Waals surface area contributed by atoms with Crippen molar-refractivity contribution in [2.45, 2.75) is 25.6 Å². The van der Waals surface area contributed by atoms with E-state index in [1.54, 1.807) is 13.0 Å². The van der Waals surface area contributed by atoms with Gasteiger partial charge in [-0.1, -0.05) is 6.08 Å². The summed E-state index contributed by atoms with van der Waals surface area (Å²) in [6, 6.07) is 3.61. The number of hydrogen-bond donors (Lipinski definition) is 2. The monoisotopic (exact) mass is 244 g/mol. The van der Waals surface area contributed by atoms with Gasteiger partial charge in [-0.25, -0.2) is 0 Å². The molecule has 0 aromatic heterocycles. The molecule has 1 unspecified atom stereocenters. The van der Waals surface area contributed by atoms with Gasteiger partial charge in [-0.2, -0.15) is 13.2 Å². The lowest BCUT2D eigenvalue weighted by Gasteiger charge is -2.18. The van der Waals surface area contributed by atoms with E-state index in [4.69, 9.17) is 5.73 Å². The largest absolute Gasteiger partial charge is 0.418 e. The van der Waals surface area contributed by atoms with Crippen molar-refractivity contribution in [1.29, 1.82) is 0 Å². The van der Waals surface area contributed by atoms with E-state index in [0.29, 0.717) is 6.42 Å². The number of alkyl halides is 3. The maximum Gasteiger partial charge on any atom is 0.418 e. The zero-order chi connectivity index (χ0) is 13.1. The van der Waals surface area contributed by atoms with E-state index in [0.717, 1.165) is 6.07 Å². The summed E-state index contributed by atoms with van der Waals surface area (Å²) in [4.78, 5) is 0. The molecule has 3 N–H and O–H groups in total. The van der Waals surface area contributed by atoms with E-state index in [1.807, 2.05) is 0 Å². The number of nitrogens with one attached hydrogen (secondary N) is 1. The fourth-order valence-corrected chi connectivity index (χ4v) is 1.50. The smallest absolute Gasteiger partial charge is 0.399 e. The van der Waals surface area contributed by atoms with Crippen LogP contribution < -0.4 is 11.1 Å². The number of halogens is 3. The van der Waals surface area contributed by atoms with Gasteiger partial charge in [-0.15, -0.1) is 6.58 Å². The fraction of sp³-hybridized carbons (Fsp3) is 0.333. The minimum Gasteiger partial charge on any atom is -0.399 e. The number of benzene rings is 1. The van der Waals surface area contributed by atoms with Crippen molar-refractivity contribution in [3.8, 4) is 0 Å². The minimum absolute atomic E-state index is 0.0426. The topological polar surface area (TPSA) is 38.0 Å². The summed E-state index contributed by atoms with van der Waals surface area (Å²) in [5.41, 5.74) is 4.77. The van der Waals surface area contributed by atoms with Crippen LogP contribution in [0.4, 0.5) is 24.5 Å². The average molecular weight is 244 g/mol. The van der Waals surface area contributed by atoms with Crippen molar-refractivity contribution in [3.05, 3.63) is 36.4 Å². The Morgan fingerprint density at radius 2 is 2.12 bits per heavy atom. The molecule has 2 nitrogen and oxygen atoms in total. The lowest BCUT2D eigenvalue weighted by atomic mass is 10.1. The molecular weight excluding hydrogens is 229 g/mol. The van der Waals surface area contributed by atoms with E-state index < -0.39 is 11.7 Å². The molecule has 0 amide bonds. The second-order valence-corrected chi connectivity index (χ2v) is 3.87. The minimum atomic E-state index is -4.41. The van der Waals surface area contributed by atoms with E-state index in [1.165, 1.54) is 12.1 Å². The molecule has 0 aliphatic carbocycles. The molecule has 0 fully saturated rings. The van der Waals surface area contributed by atoms with Crippen molar-refractivity contribution >= 4 is 11.4 Å². The van der Waals surface area contributed by atoms with Crippen LogP contribution in [0.25, 0.3) is 0 Å². The normalized spacial score (nSPS) is 13.2. The van der Waals surface area contributed by atoms with Gasteiger partial charge < -0.3 is 11.1 Å². The Hall–Kier alpha value is -1.65. The van der Waals surface area contributed by atoms with Gasteiger partial charge >= 0.3 is 6.18 Å². The molecule has 94 valence electrons. The summed E-state index contributed by atoms with van der Waals surface area (Å²) in [6.45, 7) is 5.34. The summed E-state index contributed by atoms with van der Waals surface area (Å²) in [7, 11) is 0. The van der Waals surface area contributed by atoms with Crippen LogP contribution in [0.3, 0.4) is 0 Å². The molecule has 17 heavy (non-hydrogen) atoms. The summed E-state index contributed by atoms with van der Waals surface area (Å²) in [6.07, 6.45) is -2.17. The van der Waals surface area contributed by atoms with Crippen molar-refractivity contribution in [1.82, 2.24) is 0 Å². The highest BCUT2D eigenvalue weighted by Crippen LogP contribution is 2.36. The molecule has 0 aliphatic rings. The predicted octanol–water partition coefficient (Wildman–Crippen LogP) is 3.66. The van der Waals surface area contributed by atoms with Gasteiger partial charge in [0, 0.05) is 17.4 Å². The van der Waals surface area contributed by atoms with Crippen LogP contribution in [-0.4, -0.2) is 6.04 Å². The molecule has 0 radical (unpaired) electrons. The molecule has 1 atom stereocenters. The predicted molar refractivity (Wildman–Crippen MR) is 63.8 cm³/mol. The molecule has 0 aliphatic heterocycles. The van der Waals surface area contributed by atoms with Crippen LogP contribution in [0.1, 0.15) is 18.9 Å². The maximum atomic E-state index is 12.7. The van der Waals surface area contributed by atoms with Crippen molar-refractivity contribution < 1.29 is 13.2 Å². The van der Waals surface area contributed by atoms with E-state index in [9.17, 15) is 13.2 Å². The standard InChI is InChI=1S/C12H15F3N2/c1-3-4-8(2)17-11-6-5-9(16)7-10(11)12(13,14)15/h3,5-8,17H,1,4,16H2,2H3. The average Bonchev–Trinajstić information content (AvgIpc) is 2.19. The van der Waals surface area contributed by atoms with Gasteiger partial charge in [-0.3, -0.25) is 0 Å². The highest BCUT2D eigenvalue weighted by Gasteiger charge is 2.33. The number of nitrogen functional groups attached to an aromatic ring is 1. The van der Waals surface area contributed by atoms with Crippen LogP contribution in [0, 0.1) is 0 Å². The molecule has 1 aromatic carbocycles. The van der Waals surface area contributed by atoms with E-state index in [2.05, 4.69) is 11.9 Å². The Bertz CT molecular complexity index is 399. The van der Waals surface area contributed by atoms with Gasteiger partial charge in [0.1, 0.15) is 0 Å². The Morgan fingerprint density at radius 3 is 2.65 bits per heavy atom. The van der Waals surface area contributed by atoms with Crippen LogP contribution >= 0.6 is 0 Å². The SMILES string of the molecule is C=CCC(C)Nc1ccc(N)cc1C(F)(F)F. The lowest BCUT2D eigenvalue weighted by Crippen LogP contribution is -2.18. The molecule has 0 spiro atoms. The Labute approximate surface area is 98.3 Å². The molecule has 1 aromatic rings. The van der Waals surface area contributed by atoms with Crippen molar-refractivity contribution in [2.75, 3.05) is 11.1 Å². The summed E-state index contributed by atoms with van der Waals surface area (Å²) >= 11 is 0. The summed E-state index contributed by atoms with van der Waals surface area (Å²) in [5, 5.41) is 2.80. The molecule has 0 saturated carbocycles. The maximum absolute atomic E-state index is 12.7. The molecule has 0 saturated heterocycles. The first-order valence-corrected chi connectivity index (χ1v) is 5.18. The molecule has 1 rings (SSSR count). The third-order valence-corrected chi connectivity index (χ3v) is 2.27. The van der Waals surface area contributed by atoms with Crippen LogP contribution in [0.2, 0.25) is 0 Å². The van der Waals surface area contributed by atoms with Crippen molar-refractivity contribution in [3.63, 3.8) is 0 Å². The van der Waals surface area contributed by atoms with Gasteiger partial charge in [0.2, 0.25) is 0 Å². The second-order valence-electron chi connectivity index (χ2n) is 3.87. The van der Waals surface area contributed by atoms with E-state index in [-0.39, 0.29) is 17.4 Å². The lowest BCUT2D eigenvalue weighted by molar-refractivity contribution is -0.136. The first-order valence-electron chi connectivity index (χ1n) is 5.18. The first-order chi connectivity index (χ1) is 7.84. The highest BCUT2D eigenvalue weighted by molar-refractivity contribution is 5.59. The molecule has 0 bridgehead atoms. The Morgan fingerprint density at radius 1 is 1.47 bits per heavy atom. The Balaban J connectivity index is 3.02. The highest BCUT2D eigenvalue weighted by atomic mass is 19.4. The first kappa shape index (κ1) is 13.4. The van der Waals surface area contributed by atoms with Gasteiger partial charge in [-0.05, 0) is 31.5 Å². The van der Waals surface area contributed by atoms with Gasteiger partial charge in [0.25, 0.3) is 0 Å². The third-order valence-electron chi connectivity index (χ3n) is 2.27. The van der Waals surface area contributed by atoms with Gasteiger partial charge in [0.05, 0.1) is 5.56 Å². The van der Waals surface area contributed by atoms with Crippen LogP contribution in [0.15, 0.2) is 30.9 Å². The summed E-state index contributed by atoms with van der Waals surface area (Å²) in [5.74, 6) is 0. The van der Waals surface area contributed by atoms with Gasteiger partial charge in [0.15, 0.2) is 0 Å². The van der Waals surface area contributed by atoms with E-state index >= 15 is 0 Å². The molecular formula is C12H15F3N2. The molecule has 0 heterocycles. The Kier molecular flexibility index (Phi) is 4.04. The zero-order valence-corrected chi connectivity index (χ0v) is 9.51. The molecule has 5 heteroatoms. The van der Waals surface area contributed by atoms with Crippen LogP contribution in [0.5, 0.6) is 0 Å². The number of hydrogen-bond acceptors (Lipinski definition) is 2. The summed E-state index contributed by atoms with van der Waals surface area (Å²) < 4.78 is 38.2. The second kappa shape index (κ2) is 5.12. The third kappa shape index (κ3) is 3.69. The van der Waals surface area contributed by atoms with Crippen molar-refractivity contribution in [2.24, 2.45) is 0 Å². The number of nitrogens with two attached hydrogens (primary N) is 1. The quantitative estimate of drug-likeness (QED) is 0.626. The van der Waals surface area contributed by atoms with Crippen LogP contribution in [-0.2, 0) is 6.18 Å².